The average molecular weight is 155 g/mol. The number of hydrogen-bond donors (Lipinski definition) is 1. The van der Waals surface area contributed by atoms with Crippen LogP contribution in [0.2, 0.25) is 0 Å². The maximum atomic E-state index is 10.9. The van der Waals surface area contributed by atoms with Gasteiger partial charge < -0.3 is 10.1 Å². The summed E-state index contributed by atoms with van der Waals surface area (Å²) in [5.74, 6) is 0.0492. The Hall–Kier alpha value is -0.570. The van der Waals surface area contributed by atoms with E-state index in [1.807, 2.05) is 0 Å². The molecule has 1 aliphatic heterocycles. The van der Waals surface area contributed by atoms with Crippen LogP contribution in [-0.4, -0.2) is 24.7 Å². The number of hydrogen-bond acceptors (Lipinski definition) is 2. The predicted molar refractivity (Wildman–Crippen MR) is 40.1 cm³/mol. The Kier molecular flexibility index (Phi) is 1.82. The van der Waals surface area contributed by atoms with Crippen molar-refractivity contribution in [3.05, 3.63) is 0 Å². The Morgan fingerprint density at radius 3 is 3.09 bits per heavy atom. The number of carbonyl (C=O) groups excluding carboxylic acids is 1. The summed E-state index contributed by atoms with van der Waals surface area (Å²) in [4.78, 5) is 10.9. The van der Waals surface area contributed by atoms with E-state index in [2.05, 4.69) is 5.32 Å². The largest absolute Gasteiger partial charge is 0.366 e. The van der Waals surface area contributed by atoms with Crippen LogP contribution in [0.15, 0.2) is 0 Å². The minimum Gasteiger partial charge on any atom is -0.366 e. The molecule has 2 fully saturated rings. The van der Waals surface area contributed by atoms with Crippen LogP contribution in [0, 0.1) is 0 Å². The highest BCUT2D eigenvalue weighted by Gasteiger charge is 2.31. The number of ether oxygens (including phenoxy) is 1. The molecule has 2 rings (SSSR count). The van der Waals surface area contributed by atoms with Crippen molar-refractivity contribution < 1.29 is 9.53 Å². The lowest BCUT2D eigenvalue weighted by atomic mass is 9.91. The van der Waals surface area contributed by atoms with E-state index in [1.54, 1.807) is 0 Å². The van der Waals surface area contributed by atoms with Crippen LogP contribution in [0.5, 0.6) is 0 Å². The Labute approximate surface area is 66.1 Å². The average Bonchev–Trinajstić information content (AvgIpc) is 2.04. The number of amides is 1. The van der Waals surface area contributed by atoms with Gasteiger partial charge in [-0.25, -0.2) is 0 Å². The summed E-state index contributed by atoms with van der Waals surface area (Å²) in [5.41, 5.74) is 0. The fraction of sp³-hybridized carbons (Fsp3) is 0.875. The molecule has 0 aromatic heterocycles. The number of fused-ring (bicyclic) bond motifs is 1. The first kappa shape index (κ1) is 7.10. The molecule has 0 bridgehead atoms. The van der Waals surface area contributed by atoms with E-state index in [0.717, 1.165) is 12.8 Å². The standard InChI is InChI=1S/C8H13NO2/c10-8-5-11-7-4-2-1-3-6(7)9-8/h6-7H,1-5H2,(H,9,10)/t6-,7-/m0/s1. The van der Waals surface area contributed by atoms with Gasteiger partial charge in [-0.15, -0.1) is 0 Å². The van der Waals surface area contributed by atoms with Gasteiger partial charge in [0.15, 0.2) is 0 Å². The van der Waals surface area contributed by atoms with Gasteiger partial charge in [-0.05, 0) is 12.8 Å². The molecule has 1 aliphatic carbocycles. The lowest BCUT2D eigenvalue weighted by Gasteiger charge is -2.35. The third kappa shape index (κ3) is 1.38. The molecule has 1 saturated carbocycles. The Morgan fingerprint density at radius 1 is 1.36 bits per heavy atom. The molecule has 1 heterocycles. The van der Waals surface area contributed by atoms with Gasteiger partial charge in [0, 0.05) is 0 Å². The van der Waals surface area contributed by atoms with Crippen molar-refractivity contribution in [3.8, 4) is 0 Å². The van der Waals surface area contributed by atoms with Gasteiger partial charge in [-0.1, -0.05) is 12.8 Å². The molecule has 2 atom stereocenters. The van der Waals surface area contributed by atoms with Crippen molar-refractivity contribution in [2.45, 2.75) is 37.8 Å². The van der Waals surface area contributed by atoms with E-state index < -0.39 is 0 Å². The molecule has 1 saturated heterocycles. The zero-order chi connectivity index (χ0) is 7.68. The highest BCUT2D eigenvalue weighted by molar-refractivity contribution is 5.78. The summed E-state index contributed by atoms with van der Waals surface area (Å²) in [6.45, 7) is 0.265. The van der Waals surface area contributed by atoms with Crippen molar-refractivity contribution in [3.63, 3.8) is 0 Å². The van der Waals surface area contributed by atoms with Gasteiger partial charge in [0.25, 0.3) is 0 Å². The fourth-order valence-electron chi connectivity index (χ4n) is 1.89. The van der Waals surface area contributed by atoms with E-state index in [9.17, 15) is 4.79 Å². The smallest absolute Gasteiger partial charge is 0.246 e. The van der Waals surface area contributed by atoms with Crippen LogP contribution in [-0.2, 0) is 9.53 Å². The number of morpholine rings is 1. The van der Waals surface area contributed by atoms with E-state index in [0.29, 0.717) is 12.1 Å². The first-order valence-corrected chi connectivity index (χ1v) is 4.27. The third-order valence-corrected chi connectivity index (χ3v) is 2.48. The third-order valence-electron chi connectivity index (χ3n) is 2.48. The second kappa shape index (κ2) is 2.81. The van der Waals surface area contributed by atoms with Crippen molar-refractivity contribution in [1.82, 2.24) is 5.32 Å². The first-order valence-electron chi connectivity index (χ1n) is 4.27. The zero-order valence-electron chi connectivity index (χ0n) is 6.51. The Bertz CT molecular complexity index is 169. The summed E-state index contributed by atoms with van der Waals surface area (Å²) in [7, 11) is 0. The monoisotopic (exact) mass is 155 g/mol. The van der Waals surface area contributed by atoms with Crippen LogP contribution in [0.4, 0.5) is 0 Å². The number of carbonyl (C=O) groups is 1. The van der Waals surface area contributed by atoms with Crippen molar-refractivity contribution >= 4 is 5.91 Å². The van der Waals surface area contributed by atoms with E-state index >= 15 is 0 Å². The van der Waals surface area contributed by atoms with Crippen molar-refractivity contribution in [1.29, 1.82) is 0 Å². The summed E-state index contributed by atoms with van der Waals surface area (Å²) >= 11 is 0. The van der Waals surface area contributed by atoms with Gasteiger partial charge >= 0.3 is 0 Å². The number of rotatable bonds is 0. The van der Waals surface area contributed by atoms with Crippen LogP contribution < -0.4 is 5.32 Å². The molecule has 0 radical (unpaired) electrons. The summed E-state index contributed by atoms with van der Waals surface area (Å²) in [6.07, 6.45) is 4.99. The van der Waals surface area contributed by atoms with E-state index in [4.69, 9.17) is 4.74 Å². The van der Waals surface area contributed by atoms with Gasteiger partial charge in [-0.3, -0.25) is 4.79 Å². The molecule has 2 aliphatic rings. The molecule has 0 unspecified atom stereocenters. The van der Waals surface area contributed by atoms with Crippen molar-refractivity contribution in [2.24, 2.45) is 0 Å². The van der Waals surface area contributed by atoms with Gasteiger partial charge in [0.05, 0.1) is 12.1 Å². The Morgan fingerprint density at radius 2 is 2.18 bits per heavy atom. The summed E-state index contributed by atoms with van der Waals surface area (Å²) < 4.78 is 5.38. The fourth-order valence-corrected chi connectivity index (χ4v) is 1.89. The lowest BCUT2D eigenvalue weighted by Crippen LogP contribution is -2.52. The normalized spacial score (nSPS) is 37.6. The molecular formula is C8H13NO2. The maximum absolute atomic E-state index is 10.9. The van der Waals surface area contributed by atoms with Crippen LogP contribution >= 0.6 is 0 Å². The molecule has 1 amide bonds. The van der Waals surface area contributed by atoms with E-state index in [1.165, 1.54) is 12.8 Å². The Balaban J connectivity index is 1.98. The highest BCUT2D eigenvalue weighted by Crippen LogP contribution is 2.22. The summed E-state index contributed by atoms with van der Waals surface area (Å²) in [6, 6.07) is 0.310. The molecule has 1 N–H and O–H groups in total. The van der Waals surface area contributed by atoms with Crippen molar-refractivity contribution in [2.75, 3.05) is 6.61 Å². The molecule has 62 valence electrons. The molecule has 11 heavy (non-hydrogen) atoms. The molecule has 3 nitrogen and oxygen atoms in total. The lowest BCUT2D eigenvalue weighted by molar-refractivity contribution is -0.138. The first-order chi connectivity index (χ1) is 5.36. The van der Waals surface area contributed by atoms with Crippen LogP contribution in [0.3, 0.4) is 0 Å². The topological polar surface area (TPSA) is 38.3 Å². The maximum Gasteiger partial charge on any atom is 0.246 e. The van der Waals surface area contributed by atoms with Gasteiger partial charge in [-0.2, -0.15) is 0 Å². The van der Waals surface area contributed by atoms with Crippen LogP contribution in [0.1, 0.15) is 25.7 Å². The summed E-state index contributed by atoms with van der Waals surface area (Å²) in [5, 5.41) is 2.95. The molecule has 0 spiro atoms. The quantitative estimate of drug-likeness (QED) is 0.551. The van der Waals surface area contributed by atoms with Crippen LogP contribution in [0.25, 0.3) is 0 Å². The highest BCUT2D eigenvalue weighted by atomic mass is 16.5. The number of nitrogens with one attached hydrogen (secondary N) is 1. The molecule has 0 aromatic carbocycles. The minimum absolute atomic E-state index is 0.0492. The molecule has 3 heteroatoms. The van der Waals surface area contributed by atoms with Gasteiger partial charge in [0.2, 0.25) is 5.91 Å². The van der Waals surface area contributed by atoms with Gasteiger partial charge in [0.1, 0.15) is 6.61 Å². The second-order valence-corrected chi connectivity index (χ2v) is 3.31. The molecule has 0 aromatic rings. The zero-order valence-corrected chi connectivity index (χ0v) is 6.51. The van der Waals surface area contributed by atoms with E-state index in [-0.39, 0.29) is 12.5 Å². The second-order valence-electron chi connectivity index (χ2n) is 3.31. The predicted octanol–water partition coefficient (Wildman–Crippen LogP) is 0.444. The minimum atomic E-state index is 0.0492. The molecular weight excluding hydrogens is 142 g/mol. The SMILES string of the molecule is O=C1CO[C@H]2CCCC[C@@H]2N1.